The van der Waals surface area contributed by atoms with Gasteiger partial charge in [-0.15, -0.1) is 0 Å². The van der Waals surface area contributed by atoms with Crippen molar-refractivity contribution in [1.29, 1.82) is 0 Å². The lowest BCUT2D eigenvalue weighted by atomic mass is 10.3. The highest BCUT2D eigenvalue weighted by Gasteiger charge is 2.13. The van der Waals surface area contributed by atoms with Crippen LogP contribution < -0.4 is 5.32 Å². The van der Waals surface area contributed by atoms with E-state index in [4.69, 9.17) is 16.3 Å². The van der Waals surface area contributed by atoms with E-state index in [1.54, 1.807) is 14.0 Å². The number of anilines is 1. The average molecular weight is 216 g/mol. The fourth-order valence-electron chi connectivity index (χ4n) is 0.827. The Balaban J connectivity index is 2.94. The standard InChI is InChI=1S/C8H10ClN3O2/c1-3-14-7(13)5-4-11-8(10-2)12-6(5)9/h4H,3H2,1-2H3,(H,10,11,12). The Morgan fingerprint density at radius 1 is 1.71 bits per heavy atom. The lowest BCUT2D eigenvalue weighted by molar-refractivity contribution is 0.0525. The molecule has 1 aromatic heterocycles. The zero-order valence-corrected chi connectivity index (χ0v) is 8.63. The number of ether oxygens (including phenoxy) is 1. The number of halogens is 1. The zero-order valence-electron chi connectivity index (χ0n) is 7.87. The number of esters is 1. The molecule has 0 atom stereocenters. The van der Waals surface area contributed by atoms with E-state index < -0.39 is 5.97 Å². The number of carbonyl (C=O) groups is 1. The van der Waals surface area contributed by atoms with Crippen molar-refractivity contribution in [1.82, 2.24) is 9.97 Å². The summed E-state index contributed by atoms with van der Waals surface area (Å²) in [6.45, 7) is 2.01. The van der Waals surface area contributed by atoms with Crippen LogP contribution in [0.2, 0.25) is 5.15 Å². The van der Waals surface area contributed by atoms with Gasteiger partial charge in [0.2, 0.25) is 5.95 Å². The van der Waals surface area contributed by atoms with Gasteiger partial charge >= 0.3 is 5.97 Å². The van der Waals surface area contributed by atoms with Crippen molar-refractivity contribution in [3.05, 3.63) is 16.9 Å². The highest BCUT2D eigenvalue weighted by Crippen LogP contribution is 2.14. The second-order valence-electron chi connectivity index (χ2n) is 2.37. The fraction of sp³-hybridized carbons (Fsp3) is 0.375. The summed E-state index contributed by atoms with van der Waals surface area (Å²) < 4.78 is 4.76. The first-order chi connectivity index (χ1) is 6.69. The van der Waals surface area contributed by atoms with Gasteiger partial charge in [0, 0.05) is 13.2 Å². The molecule has 0 aliphatic rings. The van der Waals surface area contributed by atoms with Gasteiger partial charge in [0.05, 0.1) is 6.61 Å². The van der Waals surface area contributed by atoms with Crippen LogP contribution in [-0.2, 0) is 4.74 Å². The predicted molar refractivity (Wildman–Crippen MR) is 52.5 cm³/mol. The maximum absolute atomic E-state index is 11.3. The number of carbonyl (C=O) groups excluding carboxylic acids is 1. The summed E-state index contributed by atoms with van der Waals surface area (Å²) in [6.07, 6.45) is 1.33. The molecule has 0 saturated carbocycles. The van der Waals surface area contributed by atoms with Gasteiger partial charge in [-0.1, -0.05) is 11.6 Å². The molecule has 14 heavy (non-hydrogen) atoms. The Bertz CT molecular complexity index is 343. The van der Waals surface area contributed by atoms with E-state index in [0.717, 1.165) is 0 Å². The molecule has 0 aromatic carbocycles. The first-order valence-electron chi connectivity index (χ1n) is 4.06. The van der Waals surface area contributed by atoms with E-state index in [2.05, 4.69) is 15.3 Å². The second kappa shape index (κ2) is 4.76. The van der Waals surface area contributed by atoms with E-state index in [1.165, 1.54) is 6.20 Å². The van der Waals surface area contributed by atoms with E-state index >= 15 is 0 Å². The summed E-state index contributed by atoms with van der Waals surface area (Å²) in [4.78, 5) is 18.9. The molecule has 76 valence electrons. The molecule has 0 radical (unpaired) electrons. The first kappa shape index (κ1) is 10.7. The summed E-state index contributed by atoms with van der Waals surface area (Å²) >= 11 is 5.75. The second-order valence-corrected chi connectivity index (χ2v) is 2.73. The Hall–Kier alpha value is -1.36. The minimum atomic E-state index is -0.514. The van der Waals surface area contributed by atoms with Gasteiger partial charge in [-0.05, 0) is 6.92 Å². The van der Waals surface area contributed by atoms with Gasteiger partial charge in [-0.25, -0.2) is 14.8 Å². The van der Waals surface area contributed by atoms with Crippen molar-refractivity contribution in [3.63, 3.8) is 0 Å². The van der Waals surface area contributed by atoms with E-state index in [0.29, 0.717) is 12.6 Å². The monoisotopic (exact) mass is 215 g/mol. The molecule has 1 rings (SSSR count). The van der Waals surface area contributed by atoms with Crippen LogP contribution in [0.15, 0.2) is 6.20 Å². The van der Waals surface area contributed by atoms with Crippen molar-refractivity contribution in [3.8, 4) is 0 Å². The van der Waals surface area contributed by atoms with Crippen LogP contribution in [-0.4, -0.2) is 29.6 Å². The van der Waals surface area contributed by atoms with Crippen molar-refractivity contribution in [2.45, 2.75) is 6.92 Å². The first-order valence-corrected chi connectivity index (χ1v) is 4.44. The van der Waals surface area contributed by atoms with E-state index in [1.807, 2.05) is 0 Å². The Labute approximate surface area is 86.5 Å². The predicted octanol–water partition coefficient (Wildman–Crippen LogP) is 1.35. The minimum absolute atomic E-state index is 0.0859. The zero-order chi connectivity index (χ0) is 10.6. The van der Waals surface area contributed by atoms with E-state index in [9.17, 15) is 4.79 Å². The SMILES string of the molecule is CCOC(=O)c1cnc(NC)nc1Cl. The quantitative estimate of drug-likeness (QED) is 0.609. The number of hydrogen-bond donors (Lipinski definition) is 1. The Morgan fingerprint density at radius 2 is 2.43 bits per heavy atom. The number of hydrogen-bond acceptors (Lipinski definition) is 5. The molecule has 1 heterocycles. The summed E-state index contributed by atoms with van der Waals surface area (Å²) in [5, 5.41) is 2.79. The topological polar surface area (TPSA) is 64.1 Å². The molecular weight excluding hydrogens is 206 g/mol. The lowest BCUT2D eigenvalue weighted by Gasteiger charge is -2.04. The van der Waals surface area contributed by atoms with Crippen LogP contribution in [0.5, 0.6) is 0 Å². The molecule has 0 amide bonds. The van der Waals surface area contributed by atoms with Crippen LogP contribution in [0.3, 0.4) is 0 Å². The summed E-state index contributed by atoms with van der Waals surface area (Å²) in [7, 11) is 1.66. The summed E-state index contributed by atoms with van der Waals surface area (Å²) in [5.41, 5.74) is 0.174. The molecule has 1 N–H and O–H groups in total. The van der Waals surface area contributed by atoms with Gasteiger partial charge in [0.15, 0.2) is 0 Å². The summed E-state index contributed by atoms with van der Waals surface area (Å²) in [6, 6.07) is 0. The van der Waals surface area contributed by atoms with Gasteiger partial charge < -0.3 is 10.1 Å². The van der Waals surface area contributed by atoms with Crippen LogP contribution in [0.25, 0.3) is 0 Å². The molecule has 0 fully saturated rings. The third kappa shape index (κ3) is 2.32. The molecule has 0 saturated heterocycles. The lowest BCUT2D eigenvalue weighted by Crippen LogP contribution is -2.08. The van der Waals surface area contributed by atoms with Crippen molar-refractivity contribution in [2.24, 2.45) is 0 Å². The third-order valence-electron chi connectivity index (χ3n) is 1.46. The highest BCUT2D eigenvalue weighted by atomic mass is 35.5. The van der Waals surface area contributed by atoms with Crippen LogP contribution >= 0.6 is 11.6 Å². The van der Waals surface area contributed by atoms with Crippen molar-refractivity contribution >= 4 is 23.5 Å². The van der Waals surface area contributed by atoms with Crippen LogP contribution in [0.4, 0.5) is 5.95 Å². The normalized spacial score (nSPS) is 9.64. The number of rotatable bonds is 3. The van der Waals surface area contributed by atoms with Gasteiger partial charge in [-0.3, -0.25) is 0 Å². The molecule has 0 bridgehead atoms. The van der Waals surface area contributed by atoms with Gasteiger partial charge in [0.25, 0.3) is 0 Å². The number of nitrogens with zero attached hydrogens (tertiary/aromatic N) is 2. The molecule has 1 aromatic rings. The van der Waals surface area contributed by atoms with Crippen LogP contribution in [0, 0.1) is 0 Å². The molecule has 6 heteroatoms. The Morgan fingerprint density at radius 3 is 2.93 bits per heavy atom. The van der Waals surface area contributed by atoms with Crippen molar-refractivity contribution < 1.29 is 9.53 Å². The third-order valence-corrected chi connectivity index (χ3v) is 1.75. The largest absolute Gasteiger partial charge is 0.462 e. The Kier molecular flexibility index (Phi) is 3.64. The summed E-state index contributed by atoms with van der Waals surface area (Å²) in [5.74, 6) is -0.150. The molecular formula is C8H10ClN3O2. The molecule has 5 nitrogen and oxygen atoms in total. The van der Waals surface area contributed by atoms with Gasteiger partial charge in [0.1, 0.15) is 10.7 Å². The van der Waals surface area contributed by atoms with E-state index in [-0.39, 0.29) is 10.7 Å². The highest BCUT2D eigenvalue weighted by molar-refractivity contribution is 6.32. The van der Waals surface area contributed by atoms with Gasteiger partial charge in [-0.2, -0.15) is 0 Å². The molecule has 0 aliphatic heterocycles. The molecule has 0 unspecified atom stereocenters. The number of nitrogens with one attached hydrogen (secondary N) is 1. The molecule has 0 spiro atoms. The minimum Gasteiger partial charge on any atom is -0.462 e. The van der Waals surface area contributed by atoms with Crippen LogP contribution in [0.1, 0.15) is 17.3 Å². The maximum atomic E-state index is 11.3. The molecule has 0 aliphatic carbocycles. The maximum Gasteiger partial charge on any atom is 0.342 e. The fourth-order valence-corrected chi connectivity index (χ4v) is 1.03. The smallest absolute Gasteiger partial charge is 0.342 e. The van der Waals surface area contributed by atoms with Crippen molar-refractivity contribution in [2.75, 3.05) is 19.0 Å². The number of aromatic nitrogens is 2. The average Bonchev–Trinajstić information content (AvgIpc) is 2.17.